The van der Waals surface area contributed by atoms with Crippen molar-refractivity contribution in [3.05, 3.63) is 59.4 Å². The second kappa shape index (κ2) is 5.94. The molecule has 0 N–H and O–H groups in total. The molecule has 3 rings (SSSR count). The van der Waals surface area contributed by atoms with E-state index in [1.165, 1.54) is 30.3 Å². The van der Waals surface area contributed by atoms with Gasteiger partial charge in [-0.25, -0.2) is 13.6 Å². The third-order valence-corrected chi connectivity index (χ3v) is 4.89. The molecule has 0 radical (unpaired) electrons. The topological polar surface area (TPSA) is 22.8 Å². The van der Waals surface area contributed by atoms with Gasteiger partial charge in [0.1, 0.15) is 11.6 Å². The van der Waals surface area contributed by atoms with Crippen LogP contribution in [0.2, 0.25) is 0 Å². The molecule has 0 unspecified atom stereocenters. The molecule has 0 aromatic heterocycles. The zero-order valence-electron chi connectivity index (χ0n) is 14.6. The van der Waals surface area contributed by atoms with Crippen LogP contribution in [0.4, 0.5) is 14.5 Å². The van der Waals surface area contributed by atoms with Gasteiger partial charge in [-0.15, -0.1) is 0 Å². The van der Waals surface area contributed by atoms with E-state index < -0.39 is 30.0 Å². The molecular weight excluding hydrogens is 323 g/mol. The summed E-state index contributed by atoms with van der Waals surface area (Å²) >= 11 is 0. The van der Waals surface area contributed by atoms with Crippen LogP contribution < -0.4 is 5.46 Å². The number of benzene rings is 2. The van der Waals surface area contributed by atoms with Crippen molar-refractivity contribution in [3.8, 4) is 11.1 Å². The molecule has 1 heterocycles. The molecule has 2 aromatic carbocycles. The van der Waals surface area contributed by atoms with E-state index in [1.54, 1.807) is 6.07 Å². The fraction of sp³-hybridized carbons (Fsp3) is 0.316. The molecule has 1 fully saturated rings. The Labute approximate surface area is 146 Å². The van der Waals surface area contributed by atoms with Gasteiger partial charge in [0.25, 0.3) is 0 Å². The van der Waals surface area contributed by atoms with Crippen molar-refractivity contribution in [1.29, 1.82) is 0 Å². The molecule has 2 aromatic rings. The van der Waals surface area contributed by atoms with E-state index in [2.05, 4.69) is 4.85 Å². The largest absolute Gasteiger partial charge is 0.494 e. The minimum Gasteiger partial charge on any atom is -0.399 e. The third kappa shape index (κ3) is 3.06. The molecule has 128 valence electrons. The Hall–Kier alpha value is -2.23. The molecule has 0 bridgehead atoms. The zero-order chi connectivity index (χ0) is 18.4. The number of halogens is 2. The first-order valence-corrected chi connectivity index (χ1v) is 7.97. The lowest BCUT2D eigenvalue weighted by Crippen LogP contribution is -2.41. The minimum absolute atomic E-state index is 0.0615. The van der Waals surface area contributed by atoms with E-state index in [0.29, 0.717) is 5.46 Å². The Morgan fingerprint density at radius 1 is 0.880 bits per heavy atom. The number of hydrogen-bond donors (Lipinski definition) is 0. The maximum Gasteiger partial charge on any atom is 0.494 e. The maximum atomic E-state index is 14.6. The standard InChI is InChI=1S/C19H18BF2NO2/c1-18(2)19(3,4)25-20(24-18)12-6-8-14(17(22)10-12)15-11-13(23-5)7-9-16(15)21/h6-11H,1-4H3. The minimum atomic E-state index is -0.687. The summed E-state index contributed by atoms with van der Waals surface area (Å²) in [7, 11) is -0.687. The van der Waals surface area contributed by atoms with E-state index in [1.807, 2.05) is 27.7 Å². The molecule has 0 atom stereocenters. The van der Waals surface area contributed by atoms with Crippen LogP contribution >= 0.6 is 0 Å². The highest BCUT2D eigenvalue weighted by molar-refractivity contribution is 6.62. The second-order valence-corrected chi connectivity index (χ2v) is 7.10. The van der Waals surface area contributed by atoms with Gasteiger partial charge in [0.05, 0.1) is 17.8 Å². The van der Waals surface area contributed by atoms with Crippen LogP contribution in [0.3, 0.4) is 0 Å². The smallest absolute Gasteiger partial charge is 0.399 e. The van der Waals surface area contributed by atoms with Crippen LogP contribution in [0.1, 0.15) is 27.7 Å². The molecule has 0 amide bonds. The van der Waals surface area contributed by atoms with E-state index in [4.69, 9.17) is 15.9 Å². The first-order valence-electron chi connectivity index (χ1n) is 7.97. The van der Waals surface area contributed by atoms with Gasteiger partial charge in [0, 0.05) is 11.1 Å². The molecule has 1 aliphatic heterocycles. The van der Waals surface area contributed by atoms with Crippen LogP contribution in [0.5, 0.6) is 0 Å². The summed E-state index contributed by atoms with van der Waals surface area (Å²) in [5.74, 6) is -1.16. The summed E-state index contributed by atoms with van der Waals surface area (Å²) in [4.78, 5) is 3.26. The lowest BCUT2D eigenvalue weighted by molar-refractivity contribution is 0.00578. The van der Waals surface area contributed by atoms with E-state index in [0.717, 1.165) is 0 Å². The van der Waals surface area contributed by atoms with Crippen molar-refractivity contribution in [2.75, 3.05) is 0 Å². The lowest BCUT2D eigenvalue weighted by Gasteiger charge is -2.32. The van der Waals surface area contributed by atoms with Crippen molar-refractivity contribution in [2.45, 2.75) is 38.9 Å². The van der Waals surface area contributed by atoms with Crippen molar-refractivity contribution in [2.24, 2.45) is 0 Å². The van der Waals surface area contributed by atoms with Gasteiger partial charge in [0.2, 0.25) is 0 Å². The normalized spacial score (nSPS) is 18.2. The van der Waals surface area contributed by atoms with Gasteiger partial charge in [-0.1, -0.05) is 18.2 Å². The number of hydrogen-bond acceptors (Lipinski definition) is 2. The van der Waals surface area contributed by atoms with Gasteiger partial charge >= 0.3 is 7.12 Å². The zero-order valence-corrected chi connectivity index (χ0v) is 14.6. The Kier molecular flexibility index (Phi) is 4.18. The summed E-state index contributed by atoms with van der Waals surface area (Å²) in [6.45, 7) is 14.7. The quantitative estimate of drug-likeness (QED) is 0.594. The Morgan fingerprint density at radius 3 is 2.08 bits per heavy atom. The van der Waals surface area contributed by atoms with Gasteiger partial charge in [0.15, 0.2) is 5.69 Å². The first-order chi connectivity index (χ1) is 11.6. The summed E-state index contributed by atoms with van der Waals surface area (Å²) in [5, 5.41) is 0. The van der Waals surface area contributed by atoms with Crippen LogP contribution in [0.25, 0.3) is 16.0 Å². The van der Waals surface area contributed by atoms with Crippen molar-refractivity contribution in [3.63, 3.8) is 0 Å². The Bertz CT molecular complexity index is 858. The highest BCUT2D eigenvalue weighted by atomic mass is 19.1. The fourth-order valence-electron chi connectivity index (χ4n) is 2.66. The van der Waals surface area contributed by atoms with Gasteiger partial charge in [-0.2, -0.15) is 0 Å². The third-order valence-electron chi connectivity index (χ3n) is 4.89. The predicted octanol–water partition coefficient (Wildman–Crippen LogP) is 4.48. The molecule has 6 heteroatoms. The van der Waals surface area contributed by atoms with E-state index in [9.17, 15) is 8.78 Å². The maximum absolute atomic E-state index is 14.6. The molecular formula is C19H18BF2NO2. The lowest BCUT2D eigenvalue weighted by atomic mass is 9.78. The molecule has 0 aliphatic carbocycles. The van der Waals surface area contributed by atoms with Crippen LogP contribution in [0, 0.1) is 18.2 Å². The van der Waals surface area contributed by atoms with E-state index >= 15 is 0 Å². The molecule has 3 nitrogen and oxygen atoms in total. The van der Waals surface area contributed by atoms with Gasteiger partial charge in [-0.3, -0.25) is 0 Å². The van der Waals surface area contributed by atoms with Crippen molar-refractivity contribution >= 4 is 18.3 Å². The van der Waals surface area contributed by atoms with Gasteiger partial charge in [-0.05, 0) is 51.4 Å². The SMILES string of the molecule is [C-]#[N+]c1ccc(F)c(-c2ccc(B3OC(C)(C)C(C)(C)O3)cc2F)c1. The average Bonchev–Trinajstić information content (AvgIpc) is 2.76. The number of rotatable bonds is 2. The Balaban J connectivity index is 1.97. The summed E-state index contributed by atoms with van der Waals surface area (Å²) in [6, 6.07) is 8.32. The summed E-state index contributed by atoms with van der Waals surface area (Å²) < 4.78 is 40.5. The monoisotopic (exact) mass is 341 g/mol. The Morgan fingerprint density at radius 2 is 1.52 bits per heavy atom. The first kappa shape index (κ1) is 17.6. The molecule has 0 spiro atoms. The molecule has 25 heavy (non-hydrogen) atoms. The summed E-state index contributed by atoms with van der Waals surface area (Å²) in [5.41, 5.74) is -0.103. The predicted molar refractivity (Wildman–Crippen MR) is 93.8 cm³/mol. The van der Waals surface area contributed by atoms with Crippen LogP contribution in [-0.2, 0) is 9.31 Å². The van der Waals surface area contributed by atoms with Crippen LogP contribution in [0.15, 0.2) is 36.4 Å². The summed E-state index contributed by atoms with van der Waals surface area (Å²) in [6.07, 6.45) is 0. The highest BCUT2D eigenvalue weighted by Gasteiger charge is 2.51. The molecule has 1 aliphatic rings. The average molecular weight is 341 g/mol. The molecule has 0 saturated carbocycles. The number of nitrogens with zero attached hydrogens (tertiary/aromatic N) is 1. The molecule has 1 saturated heterocycles. The van der Waals surface area contributed by atoms with E-state index in [-0.39, 0.29) is 16.8 Å². The van der Waals surface area contributed by atoms with Crippen molar-refractivity contribution in [1.82, 2.24) is 0 Å². The van der Waals surface area contributed by atoms with Crippen LogP contribution in [-0.4, -0.2) is 18.3 Å². The second-order valence-electron chi connectivity index (χ2n) is 7.10. The fourth-order valence-corrected chi connectivity index (χ4v) is 2.66. The van der Waals surface area contributed by atoms with Crippen molar-refractivity contribution < 1.29 is 18.1 Å². The van der Waals surface area contributed by atoms with Gasteiger partial charge < -0.3 is 9.31 Å². The highest BCUT2D eigenvalue weighted by Crippen LogP contribution is 2.37.